The molecule has 3 aromatic carbocycles. The fourth-order valence-corrected chi connectivity index (χ4v) is 4.58. The van der Waals surface area contributed by atoms with Gasteiger partial charge in [-0.2, -0.15) is 8.42 Å². The minimum absolute atomic E-state index is 0.0231. The molecule has 3 rings (SSSR count). The van der Waals surface area contributed by atoms with Gasteiger partial charge in [-0.1, -0.05) is 78.4 Å². The topological polar surface area (TPSA) is 98.9 Å². The van der Waals surface area contributed by atoms with E-state index in [0.717, 1.165) is 5.56 Å². The summed E-state index contributed by atoms with van der Waals surface area (Å²) in [6.07, 6.45) is 0. The lowest BCUT2D eigenvalue weighted by Gasteiger charge is -2.25. The summed E-state index contributed by atoms with van der Waals surface area (Å²) in [5.74, 6) is -1.58. The van der Waals surface area contributed by atoms with Crippen LogP contribution in [-0.2, 0) is 14.8 Å². The SMILES string of the molecule is CO/C(=N\S(=O)(=O)c1ccc(C)cc1)[C@H](c1ccccc1)[C@H](C[N+](=O)[O-])c1ccccc1. The van der Waals surface area contributed by atoms with Gasteiger partial charge in [0.1, 0.15) is 0 Å². The van der Waals surface area contributed by atoms with Gasteiger partial charge in [0.2, 0.25) is 12.4 Å². The highest BCUT2D eigenvalue weighted by molar-refractivity contribution is 7.90. The van der Waals surface area contributed by atoms with Gasteiger partial charge in [-0.25, -0.2) is 0 Å². The number of hydrogen-bond acceptors (Lipinski definition) is 5. The molecule has 166 valence electrons. The highest BCUT2D eigenvalue weighted by Gasteiger charge is 2.35. The second-order valence-electron chi connectivity index (χ2n) is 7.34. The van der Waals surface area contributed by atoms with Gasteiger partial charge in [0.05, 0.1) is 23.8 Å². The van der Waals surface area contributed by atoms with Crippen molar-refractivity contribution in [3.8, 4) is 0 Å². The molecule has 0 aliphatic heterocycles. The summed E-state index contributed by atoms with van der Waals surface area (Å²) >= 11 is 0. The minimum Gasteiger partial charge on any atom is -0.483 e. The molecule has 7 nitrogen and oxygen atoms in total. The van der Waals surface area contributed by atoms with Crippen LogP contribution in [0.1, 0.15) is 28.5 Å². The summed E-state index contributed by atoms with van der Waals surface area (Å²) in [7, 11) is -2.77. The van der Waals surface area contributed by atoms with E-state index >= 15 is 0 Å². The van der Waals surface area contributed by atoms with Crippen molar-refractivity contribution < 1.29 is 18.1 Å². The second-order valence-corrected chi connectivity index (χ2v) is 8.95. The first kappa shape index (κ1) is 23.1. The van der Waals surface area contributed by atoms with Crippen LogP contribution in [0.3, 0.4) is 0 Å². The summed E-state index contributed by atoms with van der Waals surface area (Å²) in [5, 5.41) is 11.6. The first-order chi connectivity index (χ1) is 15.3. The van der Waals surface area contributed by atoms with Crippen LogP contribution in [0.4, 0.5) is 0 Å². The molecule has 0 aliphatic carbocycles. The van der Waals surface area contributed by atoms with Gasteiger partial charge in [0, 0.05) is 4.92 Å². The van der Waals surface area contributed by atoms with Crippen LogP contribution in [0.2, 0.25) is 0 Å². The normalized spacial score (nSPS) is 13.9. The molecule has 0 aromatic heterocycles. The van der Waals surface area contributed by atoms with Gasteiger partial charge in [0.25, 0.3) is 10.0 Å². The number of nitro groups is 1. The maximum atomic E-state index is 13.0. The molecule has 0 N–H and O–H groups in total. The molecule has 0 unspecified atom stereocenters. The zero-order valence-corrected chi connectivity index (χ0v) is 18.6. The van der Waals surface area contributed by atoms with Crippen molar-refractivity contribution in [3.05, 3.63) is 112 Å². The molecule has 8 heteroatoms. The predicted molar refractivity (Wildman–Crippen MR) is 123 cm³/mol. The first-order valence-electron chi connectivity index (χ1n) is 9.99. The van der Waals surface area contributed by atoms with Crippen molar-refractivity contribution in [1.82, 2.24) is 0 Å². The van der Waals surface area contributed by atoms with Crippen molar-refractivity contribution in [2.75, 3.05) is 13.7 Å². The lowest BCUT2D eigenvalue weighted by Crippen LogP contribution is -2.28. The van der Waals surface area contributed by atoms with Gasteiger partial charge in [-0.3, -0.25) is 10.1 Å². The summed E-state index contributed by atoms with van der Waals surface area (Å²) in [4.78, 5) is 11.2. The van der Waals surface area contributed by atoms with Crippen LogP contribution in [0.5, 0.6) is 0 Å². The third-order valence-electron chi connectivity index (χ3n) is 5.14. The average Bonchev–Trinajstić information content (AvgIpc) is 2.79. The van der Waals surface area contributed by atoms with Gasteiger partial charge in [-0.15, -0.1) is 4.40 Å². The number of benzene rings is 3. The van der Waals surface area contributed by atoms with Crippen molar-refractivity contribution >= 4 is 15.9 Å². The fraction of sp³-hybridized carbons (Fsp3) is 0.208. The van der Waals surface area contributed by atoms with Gasteiger partial charge in [0.15, 0.2) is 0 Å². The number of aryl methyl sites for hydroxylation is 1. The molecular weight excluding hydrogens is 428 g/mol. The molecule has 0 saturated heterocycles. The Bertz CT molecular complexity index is 1180. The Morgan fingerprint density at radius 1 is 0.938 bits per heavy atom. The Hall–Kier alpha value is -3.52. The monoisotopic (exact) mass is 452 g/mol. The van der Waals surface area contributed by atoms with E-state index in [1.165, 1.54) is 19.2 Å². The third kappa shape index (κ3) is 5.59. The van der Waals surface area contributed by atoms with E-state index in [0.29, 0.717) is 11.1 Å². The summed E-state index contributed by atoms with van der Waals surface area (Å²) in [5.41, 5.74) is 2.27. The molecule has 0 heterocycles. The Balaban J connectivity index is 2.18. The number of methoxy groups -OCH3 is 1. The highest BCUT2D eigenvalue weighted by atomic mass is 32.2. The Morgan fingerprint density at radius 2 is 1.47 bits per heavy atom. The standard InChI is InChI=1S/C24H24N2O5S/c1-18-13-15-21(16-14-18)32(29,30)25-24(31-2)23(20-11-7-4-8-12-20)22(17-26(27)28)19-9-5-3-6-10-19/h3-16,22-23H,17H2,1-2H3/b25-24-/t22-,23-/m1/s1. The molecular formula is C24H24N2O5S. The molecule has 2 atom stereocenters. The number of ether oxygens (including phenoxy) is 1. The lowest BCUT2D eigenvalue weighted by molar-refractivity contribution is -0.483. The number of nitrogens with zero attached hydrogens (tertiary/aromatic N) is 2. The first-order valence-corrected chi connectivity index (χ1v) is 11.4. The van der Waals surface area contributed by atoms with Crippen molar-refractivity contribution in [2.24, 2.45) is 4.40 Å². The molecule has 0 spiro atoms. The van der Waals surface area contributed by atoms with Gasteiger partial charge >= 0.3 is 0 Å². The number of rotatable bonds is 8. The molecule has 0 amide bonds. The zero-order chi connectivity index (χ0) is 23.1. The lowest BCUT2D eigenvalue weighted by atomic mass is 9.81. The molecule has 0 aliphatic rings. The van der Waals surface area contributed by atoms with Crippen LogP contribution < -0.4 is 0 Å². The van der Waals surface area contributed by atoms with Gasteiger partial charge < -0.3 is 4.74 Å². The fourth-order valence-electron chi connectivity index (χ4n) is 3.57. The highest BCUT2D eigenvalue weighted by Crippen LogP contribution is 2.35. The number of hydrogen-bond donors (Lipinski definition) is 0. The summed E-state index contributed by atoms with van der Waals surface area (Å²) in [6, 6.07) is 24.3. The second kappa shape index (κ2) is 10.2. The van der Waals surface area contributed by atoms with E-state index in [1.54, 1.807) is 60.7 Å². The smallest absolute Gasteiger partial charge is 0.285 e. The van der Waals surface area contributed by atoms with E-state index in [2.05, 4.69) is 4.40 Å². The maximum Gasteiger partial charge on any atom is 0.285 e. The van der Waals surface area contributed by atoms with E-state index in [9.17, 15) is 18.5 Å². The minimum atomic E-state index is -4.09. The molecule has 32 heavy (non-hydrogen) atoms. The van der Waals surface area contributed by atoms with E-state index in [1.807, 2.05) is 19.1 Å². The largest absolute Gasteiger partial charge is 0.483 e. The Kier molecular flexibility index (Phi) is 7.37. The van der Waals surface area contributed by atoms with Crippen molar-refractivity contribution in [3.63, 3.8) is 0 Å². The van der Waals surface area contributed by atoms with Crippen LogP contribution in [0, 0.1) is 17.0 Å². The molecule has 3 aromatic rings. The average molecular weight is 453 g/mol. The quantitative estimate of drug-likeness (QED) is 0.216. The predicted octanol–water partition coefficient (Wildman–Crippen LogP) is 4.57. The van der Waals surface area contributed by atoms with Crippen LogP contribution >= 0.6 is 0 Å². The van der Waals surface area contributed by atoms with E-state index in [-0.39, 0.29) is 10.8 Å². The Labute approximate surface area is 187 Å². The van der Waals surface area contributed by atoms with Crippen LogP contribution in [0.25, 0.3) is 0 Å². The van der Waals surface area contributed by atoms with E-state index < -0.39 is 33.3 Å². The van der Waals surface area contributed by atoms with Crippen LogP contribution in [0.15, 0.2) is 94.2 Å². The van der Waals surface area contributed by atoms with Crippen LogP contribution in [-0.4, -0.2) is 32.9 Å². The molecule has 0 radical (unpaired) electrons. The summed E-state index contributed by atoms with van der Waals surface area (Å²) < 4.78 is 35.5. The van der Waals surface area contributed by atoms with Gasteiger partial charge in [-0.05, 0) is 30.2 Å². The van der Waals surface area contributed by atoms with Crippen molar-refractivity contribution in [2.45, 2.75) is 23.7 Å². The third-order valence-corrected chi connectivity index (χ3v) is 6.43. The van der Waals surface area contributed by atoms with Crippen molar-refractivity contribution in [1.29, 1.82) is 0 Å². The summed E-state index contributed by atoms with van der Waals surface area (Å²) in [6.45, 7) is 1.43. The maximum absolute atomic E-state index is 13.0. The zero-order valence-electron chi connectivity index (χ0n) is 17.8. The molecule has 0 bridgehead atoms. The van der Waals surface area contributed by atoms with E-state index in [4.69, 9.17) is 4.74 Å². The number of sulfonamides is 1. The molecule has 0 fully saturated rings. The Morgan fingerprint density at radius 3 is 1.97 bits per heavy atom. The molecule has 0 saturated carbocycles.